The third kappa shape index (κ3) is 4.47. The van der Waals surface area contributed by atoms with E-state index in [-0.39, 0.29) is 5.91 Å². The monoisotopic (exact) mass is 325 g/mol. The van der Waals surface area contributed by atoms with E-state index in [9.17, 15) is 13.6 Å². The van der Waals surface area contributed by atoms with Crippen molar-refractivity contribution in [1.29, 1.82) is 0 Å². The normalized spacial score (nSPS) is 10.7. The number of rotatable bonds is 5. The van der Waals surface area contributed by atoms with Crippen LogP contribution in [0.4, 0.5) is 14.5 Å². The number of halogens is 2. The highest BCUT2D eigenvalue weighted by Gasteiger charge is 2.12. The Balaban J connectivity index is 2.15. The number of hydrogen-bond acceptors (Lipinski definition) is 3. The second-order valence-electron chi connectivity index (χ2n) is 4.06. The van der Waals surface area contributed by atoms with E-state index in [2.05, 4.69) is 5.32 Å². The van der Waals surface area contributed by atoms with Crippen LogP contribution in [0.5, 0.6) is 0 Å². The van der Waals surface area contributed by atoms with Gasteiger partial charge >= 0.3 is 0 Å². The van der Waals surface area contributed by atoms with Crippen molar-refractivity contribution in [3.05, 3.63) is 54.1 Å². The van der Waals surface area contributed by atoms with Gasteiger partial charge in [0.25, 0.3) is 11.7 Å². The van der Waals surface area contributed by atoms with E-state index in [1.165, 1.54) is 0 Å². The van der Waals surface area contributed by atoms with Crippen LogP contribution in [0.25, 0.3) is 0 Å². The van der Waals surface area contributed by atoms with Crippen molar-refractivity contribution in [1.82, 2.24) is 0 Å². The van der Waals surface area contributed by atoms with Crippen molar-refractivity contribution in [2.75, 3.05) is 11.6 Å². The zero-order valence-corrected chi connectivity index (χ0v) is 12.8. The maximum absolute atomic E-state index is 12.5. The number of thioether (sulfide) groups is 2. The SMILES string of the molecule is CSc1ccc(C(=O)Nc2ccccc2SC(F)F)cc1. The first-order chi connectivity index (χ1) is 10.1. The van der Waals surface area contributed by atoms with Gasteiger partial charge < -0.3 is 5.32 Å². The lowest BCUT2D eigenvalue weighted by atomic mass is 10.2. The third-order valence-corrected chi connectivity index (χ3v) is 4.24. The molecule has 0 aromatic heterocycles. The molecule has 1 amide bonds. The first kappa shape index (κ1) is 15.9. The molecule has 1 N–H and O–H groups in total. The molecular weight excluding hydrogens is 312 g/mol. The number of alkyl halides is 2. The van der Waals surface area contributed by atoms with E-state index >= 15 is 0 Å². The number of hydrogen-bond donors (Lipinski definition) is 1. The molecule has 0 aliphatic carbocycles. The Morgan fingerprint density at radius 1 is 1.10 bits per heavy atom. The lowest BCUT2D eigenvalue weighted by Crippen LogP contribution is -2.12. The van der Waals surface area contributed by atoms with Crippen molar-refractivity contribution < 1.29 is 13.6 Å². The Bertz CT molecular complexity index is 617. The maximum atomic E-state index is 12.5. The zero-order valence-electron chi connectivity index (χ0n) is 11.2. The first-order valence-electron chi connectivity index (χ1n) is 6.09. The largest absolute Gasteiger partial charge is 0.321 e. The lowest BCUT2D eigenvalue weighted by Gasteiger charge is -2.10. The summed E-state index contributed by atoms with van der Waals surface area (Å²) in [5.74, 6) is -2.84. The first-order valence-corrected chi connectivity index (χ1v) is 8.20. The van der Waals surface area contributed by atoms with Gasteiger partial charge in [0.05, 0.1) is 5.69 Å². The van der Waals surface area contributed by atoms with Gasteiger partial charge in [0.1, 0.15) is 0 Å². The van der Waals surface area contributed by atoms with E-state index in [1.54, 1.807) is 48.2 Å². The van der Waals surface area contributed by atoms with E-state index in [0.29, 0.717) is 27.9 Å². The molecule has 0 bridgehead atoms. The van der Waals surface area contributed by atoms with E-state index in [0.717, 1.165) is 4.90 Å². The summed E-state index contributed by atoms with van der Waals surface area (Å²) in [6.07, 6.45) is 1.95. The van der Waals surface area contributed by atoms with Crippen LogP contribution in [0.2, 0.25) is 0 Å². The summed E-state index contributed by atoms with van der Waals surface area (Å²) in [6.45, 7) is 0. The van der Waals surface area contributed by atoms with Crippen molar-refractivity contribution in [3.8, 4) is 0 Å². The summed E-state index contributed by atoms with van der Waals surface area (Å²) >= 11 is 2.00. The van der Waals surface area contributed by atoms with Gasteiger partial charge in [-0.3, -0.25) is 4.79 Å². The number of carbonyl (C=O) groups excluding carboxylic acids is 1. The fourth-order valence-corrected chi connectivity index (χ4v) is 2.71. The van der Waals surface area contributed by atoms with Gasteiger partial charge in [-0.1, -0.05) is 23.9 Å². The average Bonchev–Trinajstić information content (AvgIpc) is 2.49. The molecule has 21 heavy (non-hydrogen) atoms. The molecule has 2 aromatic rings. The molecular formula is C15H13F2NOS2. The second kappa shape index (κ2) is 7.47. The molecule has 0 saturated carbocycles. The molecule has 110 valence electrons. The standard InChI is InChI=1S/C15H13F2NOS2/c1-20-11-8-6-10(7-9-11)14(19)18-12-4-2-3-5-13(12)21-15(16)17/h2-9,15H,1H3,(H,18,19). The molecule has 0 saturated heterocycles. The van der Waals surface area contributed by atoms with Gasteiger partial charge in [0.15, 0.2) is 0 Å². The summed E-state index contributed by atoms with van der Waals surface area (Å²) < 4.78 is 25.0. The number of carbonyl (C=O) groups is 1. The molecule has 0 radical (unpaired) electrons. The van der Waals surface area contributed by atoms with Crippen LogP contribution in [0.3, 0.4) is 0 Å². The molecule has 0 aliphatic rings. The van der Waals surface area contributed by atoms with Crippen LogP contribution in [-0.2, 0) is 0 Å². The quantitative estimate of drug-likeness (QED) is 0.787. The molecule has 0 unspecified atom stereocenters. The minimum atomic E-state index is -2.52. The van der Waals surface area contributed by atoms with Crippen molar-refractivity contribution in [3.63, 3.8) is 0 Å². The van der Waals surface area contributed by atoms with Gasteiger partial charge in [-0.15, -0.1) is 11.8 Å². The minimum Gasteiger partial charge on any atom is -0.321 e. The summed E-state index contributed by atoms with van der Waals surface area (Å²) in [7, 11) is 0. The Kier molecular flexibility index (Phi) is 5.64. The summed E-state index contributed by atoms with van der Waals surface area (Å²) in [4.78, 5) is 13.5. The summed E-state index contributed by atoms with van der Waals surface area (Å²) in [5, 5.41) is 2.67. The summed E-state index contributed by atoms with van der Waals surface area (Å²) in [5.41, 5.74) is 0.881. The highest BCUT2D eigenvalue weighted by molar-refractivity contribution is 7.99. The van der Waals surface area contributed by atoms with Crippen LogP contribution in [0.1, 0.15) is 10.4 Å². The fraction of sp³-hybridized carbons (Fsp3) is 0.133. The van der Waals surface area contributed by atoms with Crippen LogP contribution in [-0.4, -0.2) is 17.9 Å². The number of amides is 1. The predicted molar refractivity (Wildman–Crippen MR) is 84.5 cm³/mol. The van der Waals surface area contributed by atoms with E-state index < -0.39 is 5.76 Å². The van der Waals surface area contributed by atoms with Gasteiger partial charge in [-0.05, 0) is 42.7 Å². The zero-order chi connectivity index (χ0) is 15.2. The molecule has 0 fully saturated rings. The van der Waals surface area contributed by atoms with Crippen LogP contribution in [0.15, 0.2) is 58.3 Å². The van der Waals surface area contributed by atoms with Crippen LogP contribution >= 0.6 is 23.5 Å². The van der Waals surface area contributed by atoms with Gasteiger partial charge in [-0.2, -0.15) is 8.78 Å². The fourth-order valence-electron chi connectivity index (χ4n) is 1.71. The molecule has 2 aromatic carbocycles. The van der Waals surface area contributed by atoms with Crippen LogP contribution in [0, 0.1) is 0 Å². The molecule has 0 spiro atoms. The third-order valence-electron chi connectivity index (χ3n) is 2.70. The highest BCUT2D eigenvalue weighted by atomic mass is 32.2. The average molecular weight is 325 g/mol. The number of para-hydroxylation sites is 1. The molecule has 0 atom stereocenters. The van der Waals surface area contributed by atoms with Crippen molar-refractivity contribution in [2.24, 2.45) is 0 Å². The molecule has 0 heterocycles. The van der Waals surface area contributed by atoms with Gasteiger partial charge in [0.2, 0.25) is 0 Å². The molecule has 2 rings (SSSR count). The molecule has 2 nitrogen and oxygen atoms in total. The summed E-state index contributed by atoms with van der Waals surface area (Å²) in [6, 6.07) is 13.6. The Morgan fingerprint density at radius 3 is 2.38 bits per heavy atom. The lowest BCUT2D eigenvalue weighted by molar-refractivity contribution is 0.102. The molecule has 6 heteroatoms. The smallest absolute Gasteiger partial charge is 0.288 e. The Labute approximate surface area is 130 Å². The highest BCUT2D eigenvalue weighted by Crippen LogP contribution is 2.31. The minimum absolute atomic E-state index is 0.315. The second-order valence-corrected chi connectivity index (χ2v) is 5.97. The van der Waals surface area contributed by atoms with Crippen molar-refractivity contribution in [2.45, 2.75) is 15.5 Å². The topological polar surface area (TPSA) is 29.1 Å². The Morgan fingerprint density at radius 2 is 1.76 bits per heavy atom. The van der Waals surface area contributed by atoms with Gasteiger partial charge in [0, 0.05) is 15.4 Å². The number of anilines is 1. The number of nitrogens with one attached hydrogen (secondary N) is 1. The molecule has 0 aliphatic heterocycles. The van der Waals surface area contributed by atoms with E-state index in [1.807, 2.05) is 18.4 Å². The van der Waals surface area contributed by atoms with Crippen LogP contribution < -0.4 is 5.32 Å². The Hall–Kier alpha value is -1.53. The van der Waals surface area contributed by atoms with Gasteiger partial charge in [-0.25, -0.2) is 0 Å². The number of benzene rings is 2. The van der Waals surface area contributed by atoms with E-state index in [4.69, 9.17) is 0 Å². The van der Waals surface area contributed by atoms with Crippen molar-refractivity contribution >= 4 is 35.1 Å². The maximum Gasteiger partial charge on any atom is 0.288 e. The predicted octanol–water partition coefficient (Wildman–Crippen LogP) is 4.98.